The van der Waals surface area contributed by atoms with Crippen LogP contribution in [0, 0.1) is 5.82 Å². The van der Waals surface area contributed by atoms with Crippen LogP contribution in [-0.2, 0) is 6.54 Å². The molecule has 0 radical (unpaired) electrons. The molecule has 132 valence electrons. The number of halogens is 1. The van der Waals surface area contributed by atoms with E-state index in [1.807, 2.05) is 19.2 Å². The molecule has 1 atom stereocenters. The minimum absolute atomic E-state index is 0.0335. The molecule has 1 aromatic carbocycles. The first-order valence-electron chi connectivity index (χ1n) is 8.21. The number of nitrogens with one attached hydrogen (secondary N) is 1. The number of aromatic nitrogens is 1. The molecule has 1 fully saturated rings. The van der Waals surface area contributed by atoms with E-state index in [1.165, 1.54) is 12.3 Å². The standard InChI is InChI=1S/C18H22FN5O/c1-23-8-9-24(17(12-23)15-4-2-3-5-16(15)19)11-14-7-6-13(10-21-14)18(25)22-20/h2-7,10,17H,8-9,11-12,20H2,1H3,(H,22,25). The molecule has 1 saturated heterocycles. The molecule has 3 rings (SSSR count). The zero-order valence-electron chi connectivity index (χ0n) is 14.2. The van der Waals surface area contributed by atoms with Gasteiger partial charge >= 0.3 is 0 Å². The quantitative estimate of drug-likeness (QED) is 0.497. The van der Waals surface area contributed by atoms with Gasteiger partial charge in [0.25, 0.3) is 5.91 Å². The topological polar surface area (TPSA) is 74.5 Å². The Morgan fingerprint density at radius 3 is 2.80 bits per heavy atom. The Morgan fingerprint density at radius 2 is 2.12 bits per heavy atom. The number of hydrazine groups is 1. The maximum absolute atomic E-state index is 14.3. The van der Waals surface area contributed by atoms with Crippen LogP contribution in [0.2, 0.25) is 0 Å². The van der Waals surface area contributed by atoms with Crippen molar-refractivity contribution >= 4 is 5.91 Å². The second-order valence-corrected chi connectivity index (χ2v) is 6.28. The molecule has 1 aliphatic heterocycles. The Labute approximate surface area is 146 Å². The van der Waals surface area contributed by atoms with Crippen molar-refractivity contribution in [2.24, 2.45) is 5.84 Å². The van der Waals surface area contributed by atoms with E-state index >= 15 is 0 Å². The van der Waals surface area contributed by atoms with Gasteiger partial charge in [-0.25, -0.2) is 10.2 Å². The number of piperazine rings is 1. The molecule has 0 spiro atoms. The molecule has 1 amide bonds. The molecule has 3 N–H and O–H groups in total. The first-order chi connectivity index (χ1) is 12.1. The molecule has 7 heteroatoms. The lowest BCUT2D eigenvalue weighted by Gasteiger charge is -2.40. The van der Waals surface area contributed by atoms with Gasteiger partial charge in [0, 0.05) is 37.9 Å². The third-order valence-electron chi connectivity index (χ3n) is 4.54. The molecule has 1 unspecified atom stereocenters. The summed E-state index contributed by atoms with van der Waals surface area (Å²) < 4.78 is 14.3. The number of nitrogens with zero attached hydrogens (tertiary/aromatic N) is 3. The molecule has 2 aromatic rings. The van der Waals surface area contributed by atoms with Gasteiger partial charge in [0.1, 0.15) is 5.82 Å². The highest BCUT2D eigenvalue weighted by molar-refractivity contribution is 5.93. The van der Waals surface area contributed by atoms with Crippen LogP contribution < -0.4 is 11.3 Å². The molecule has 25 heavy (non-hydrogen) atoms. The predicted molar refractivity (Wildman–Crippen MR) is 92.9 cm³/mol. The second kappa shape index (κ2) is 7.69. The molecule has 1 aromatic heterocycles. The van der Waals surface area contributed by atoms with Crippen LogP contribution in [0.3, 0.4) is 0 Å². The zero-order valence-corrected chi connectivity index (χ0v) is 14.2. The van der Waals surface area contributed by atoms with Crippen molar-refractivity contribution in [3.63, 3.8) is 0 Å². The number of pyridine rings is 1. The highest BCUT2D eigenvalue weighted by Crippen LogP contribution is 2.28. The van der Waals surface area contributed by atoms with Gasteiger partial charge in [0.15, 0.2) is 0 Å². The maximum atomic E-state index is 14.3. The van der Waals surface area contributed by atoms with Crippen LogP contribution >= 0.6 is 0 Å². The Bertz CT molecular complexity index is 737. The third-order valence-corrected chi connectivity index (χ3v) is 4.54. The first kappa shape index (κ1) is 17.5. The van der Waals surface area contributed by atoms with Crippen LogP contribution in [0.25, 0.3) is 0 Å². The van der Waals surface area contributed by atoms with Crippen molar-refractivity contribution in [3.8, 4) is 0 Å². The predicted octanol–water partition coefficient (Wildman–Crippen LogP) is 1.31. The summed E-state index contributed by atoms with van der Waals surface area (Å²) in [5, 5.41) is 0. The fourth-order valence-corrected chi connectivity index (χ4v) is 3.13. The van der Waals surface area contributed by atoms with Crippen LogP contribution in [0.4, 0.5) is 4.39 Å². The molecular weight excluding hydrogens is 321 g/mol. The number of benzene rings is 1. The summed E-state index contributed by atoms with van der Waals surface area (Å²) in [6, 6.07) is 10.4. The molecule has 0 bridgehead atoms. The second-order valence-electron chi connectivity index (χ2n) is 6.28. The lowest BCUT2D eigenvalue weighted by Crippen LogP contribution is -2.46. The lowest BCUT2D eigenvalue weighted by atomic mass is 10.0. The monoisotopic (exact) mass is 343 g/mol. The molecular formula is C18H22FN5O. The van der Waals surface area contributed by atoms with E-state index in [-0.39, 0.29) is 17.8 Å². The van der Waals surface area contributed by atoms with E-state index in [9.17, 15) is 9.18 Å². The smallest absolute Gasteiger partial charge is 0.266 e. The number of hydrogen-bond donors (Lipinski definition) is 2. The number of amides is 1. The molecule has 0 saturated carbocycles. The van der Waals surface area contributed by atoms with E-state index in [2.05, 4.69) is 20.2 Å². The Morgan fingerprint density at radius 1 is 1.32 bits per heavy atom. The largest absolute Gasteiger partial charge is 0.303 e. The van der Waals surface area contributed by atoms with Gasteiger partial charge < -0.3 is 4.90 Å². The van der Waals surface area contributed by atoms with Gasteiger partial charge in [-0.15, -0.1) is 0 Å². The van der Waals surface area contributed by atoms with Gasteiger partial charge in [-0.3, -0.25) is 20.1 Å². The number of rotatable bonds is 4. The van der Waals surface area contributed by atoms with E-state index < -0.39 is 0 Å². The SMILES string of the molecule is CN1CCN(Cc2ccc(C(=O)NN)cn2)C(c2ccccc2F)C1. The molecule has 1 aliphatic rings. The van der Waals surface area contributed by atoms with Crippen LogP contribution in [0.15, 0.2) is 42.6 Å². The molecule has 0 aliphatic carbocycles. The number of nitrogens with two attached hydrogens (primary N) is 1. The zero-order chi connectivity index (χ0) is 17.8. The van der Waals surface area contributed by atoms with E-state index in [0.29, 0.717) is 17.7 Å². The summed E-state index contributed by atoms with van der Waals surface area (Å²) >= 11 is 0. The van der Waals surface area contributed by atoms with Gasteiger partial charge in [-0.1, -0.05) is 18.2 Å². The van der Waals surface area contributed by atoms with Crippen molar-refractivity contribution in [2.45, 2.75) is 12.6 Å². The lowest BCUT2D eigenvalue weighted by molar-refractivity contribution is 0.0801. The van der Waals surface area contributed by atoms with Gasteiger partial charge in [0.05, 0.1) is 17.3 Å². The van der Waals surface area contributed by atoms with Crippen molar-refractivity contribution in [1.82, 2.24) is 20.2 Å². The highest BCUT2D eigenvalue weighted by atomic mass is 19.1. The van der Waals surface area contributed by atoms with Crippen LogP contribution in [0.1, 0.15) is 27.7 Å². The number of hydrogen-bond acceptors (Lipinski definition) is 5. The summed E-state index contributed by atoms with van der Waals surface area (Å²) in [6.07, 6.45) is 1.51. The van der Waals surface area contributed by atoms with E-state index in [4.69, 9.17) is 5.84 Å². The van der Waals surface area contributed by atoms with Gasteiger partial charge in [0.2, 0.25) is 0 Å². The summed E-state index contributed by atoms with van der Waals surface area (Å²) in [5.74, 6) is 4.57. The minimum atomic E-state index is -0.372. The number of carbonyl (C=O) groups excluding carboxylic acids is 1. The fraction of sp³-hybridized carbons (Fsp3) is 0.333. The summed E-state index contributed by atoms with van der Waals surface area (Å²) in [6.45, 7) is 3.09. The van der Waals surface area contributed by atoms with Crippen LogP contribution in [0.5, 0.6) is 0 Å². The van der Waals surface area contributed by atoms with Gasteiger partial charge in [-0.05, 0) is 25.2 Å². The third kappa shape index (κ3) is 4.01. The maximum Gasteiger partial charge on any atom is 0.266 e. The summed E-state index contributed by atoms with van der Waals surface area (Å²) in [4.78, 5) is 20.3. The Kier molecular flexibility index (Phi) is 5.37. The molecule has 6 nitrogen and oxygen atoms in total. The summed E-state index contributed by atoms with van der Waals surface area (Å²) in [5.41, 5.74) is 4.03. The Hall–Kier alpha value is -2.35. The number of likely N-dealkylation sites (N-methyl/N-ethyl adjacent to an activating group) is 1. The first-order valence-corrected chi connectivity index (χ1v) is 8.21. The summed E-state index contributed by atoms with van der Waals surface area (Å²) in [7, 11) is 2.05. The fourth-order valence-electron chi connectivity index (χ4n) is 3.13. The Balaban J connectivity index is 1.79. The number of carbonyl (C=O) groups is 1. The van der Waals surface area contributed by atoms with Crippen molar-refractivity contribution in [2.75, 3.05) is 26.7 Å². The van der Waals surface area contributed by atoms with Crippen LogP contribution in [-0.4, -0.2) is 47.4 Å². The normalized spacial score (nSPS) is 18.9. The average Bonchev–Trinajstić information content (AvgIpc) is 2.63. The van der Waals surface area contributed by atoms with Crippen molar-refractivity contribution in [1.29, 1.82) is 0 Å². The van der Waals surface area contributed by atoms with Gasteiger partial charge in [-0.2, -0.15) is 0 Å². The number of nitrogen functional groups attached to an aromatic ring is 1. The van der Waals surface area contributed by atoms with Crippen molar-refractivity contribution in [3.05, 3.63) is 65.2 Å². The van der Waals surface area contributed by atoms with Crippen molar-refractivity contribution < 1.29 is 9.18 Å². The average molecular weight is 343 g/mol. The minimum Gasteiger partial charge on any atom is -0.303 e. The van der Waals surface area contributed by atoms with E-state index in [1.54, 1.807) is 18.2 Å². The van der Waals surface area contributed by atoms with E-state index in [0.717, 1.165) is 25.3 Å². The molecule has 2 heterocycles. The highest BCUT2D eigenvalue weighted by Gasteiger charge is 2.28.